The van der Waals surface area contributed by atoms with Crippen LogP contribution in [0.2, 0.25) is 0 Å². The van der Waals surface area contributed by atoms with Gasteiger partial charge in [-0.2, -0.15) is 0 Å². The van der Waals surface area contributed by atoms with Crippen LogP contribution < -0.4 is 10.5 Å². The molecule has 1 unspecified atom stereocenters. The average molecular weight is 458 g/mol. The van der Waals surface area contributed by atoms with Crippen molar-refractivity contribution >= 4 is 11.9 Å². The van der Waals surface area contributed by atoms with Gasteiger partial charge in [0.25, 0.3) is 5.91 Å². The monoisotopic (exact) mass is 457 g/mol. The number of aromatic carboxylic acids is 1. The van der Waals surface area contributed by atoms with Crippen LogP contribution in [-0.4, -0.2) is 23.1 Å². The van der Waals surface area contributed by atoms with Gasteiger partial charge in [-0.1, -0.05) is 37.0 Å². The minimum atomic E-state index is -1.07. The van der Waals surface area contributed by atoms with Gasteiger partial charge in [-0.25, -0.2) is 4.79 Å². The highest BCUT2D eigenvalue weighted by Gasteiger charge is 2.52. The molecule has 0 aliphatic heterocycles. The number of benzene rings is 2. The van der Waals surface area contributed by atoms with E-state index in [1.807, 2.05) is 30.3 Å². The van der Waals surface area contributed by atoms with Gasteiger partial charge in [0.2, 0.25) is 0 Å². The second-order valence-corrected chi connectivity index (χ2v) is 10.4. The molecule has 0 spiro atoms. The molecular weight excluding hydrogens is 426 g/mol. The molecule has 1 atom stereocenters. The molecule has 4 bridgehead atoms. The molecule has 5 heteroatoms. The van der Waals surface area contributed by atoms with Gasteiger partial charge >= 0.3 is 5.97 Å². The van der Waals surface area contributed by atoms with Crippen LogP contribution in [0, 0.1) is 29.6 Å². The molecule has 5 nitrogen and oxygen atoms in total. The molecule has 176 valence electrons. The van der Waals surface area contributed by atoms with Crippen molar-refractivity contribution in [2.75, 3.05) is 0 Å². The molecular formula is C29H31NO4. The molecule has 0 saturated heterocycles. The highest BCUT2D eigenvalue weighted by atomic mass is 16.5. The molecule has 4 aliphatic rings. The predicted octanol–water partition coefficient (Wildman–Crippen LogP) is 4.90. The number of carbonyl (C=O) groups excluding carboxylic acids is 1. The molecule has 6 rings (SSSR count). The zero-order valence-corrected chi connectivity index (χ0v) is 19.5. The first kappa shape index (κ1) is 22.5. The van der Waals surface area contributed by atoms with Crippen molar-refractivity contribution in [3.05, 3.63) is 64.7 Å². The number of rotatable bonds is 6. The normalized spacial score (nSPS) is 27.5. The van der Waals surface area contributed by atoms with Crippen LogP contribution in [-0.2, 0) is 10.2 Å². The number of carbonyl (C=O) groups is 2. The summed E-state index contributed by atoms with van der Waals surface area (Å²) in [6, 6.07) is 13.3. The predicted molar refractivity (Wildman–Crippen MR) is 130 cm³/mol. The zero-order chi connectivity index (χ0) is 23.9. The summed E-state index contributed by atoms with van der Waals surface area (Å²) in [6.45, 7) is 1.79. The van der Waals surface area contributed by atoms with Gasteiger partial charge in [-0.15, -0.1) is 0 Å². The molecule has 0 heterocycles. The number of hydrogen-bond donors (Lipinski definition) is 2. The van der Waals surface area contributed by atoms with Crippen LogP contribution >= 0.6 is 0 Å². The Kier molecular flexibility index (Phi) is 5.85. The molecule has 2 aromatic carbocycles. The molecule has 2 aromatic rings. The lowest BCUT2D eigenvalue weighted by Gasteiger charge is -2.57. The maximum absolute atomic E-state index is 12.3. The van der Waals surface area contributed by atoms with Crippen molar-refractivity contribution in [2.24, 2.45) is 23.5 Å². The van der Waals surface area contributed by atoms with Crippen LogP contribution in [0.25, 0.3) is 0 Å². The van der Waals surface area contributed by atoms with E-state index in [1.165, 1.54) is 19.3 Å². The number of nitrogens with two attached hydrogens (primary N) is 1. The first-order valence-electron chi connectivity index (χ1n) is 12.3. The van der Waals surface area contributed by atoms with Crippen LogP contribution in [0.4, 0.5) is 0 Å². The topological polar surface area (TPSA) is 89.6 Å². The summed E-state index contributed by atoms with van der Waals surface area (Å²) >= 11 is 0. The SMILES string of the molecule is CCC(Oc1cc(C#Cc2ccccc2)c(C23CC4CC(CC(C4)C2)C3)cc1C(=O)O)C(N)=O. The quantitative estimate of drug-likeness (QED) is 0.604. The maximum Gasteiger partial charge on any atom is 0.339 e. The summed E-state index contributed by atoms with van der Waals surface area (Å²) < 4.78 is 5.86. The van der Waals surface area contributed by atoms with Crippen molar-refractivity contribution < 1.29 is 19.4 Å². The third-order valence-corrected chi connectivity index (χ3v) is 8.03. The maximum atomic E-state index is 12.3. The van der Waals surface area contributed by atoms with Crippen LogP contribution in [0.5, 0.6) is 5.75 Å². The third kappa shape index (κ3) is 4.18. The van der Waals surface area contributed by atoms with Gasteiger partial charge in [0.15, 0.2) is 6.10 Å². The van der Waals surface area contributed by atoms with Crippen LogP contribution in [0.15, 0.2) is 42.5 Å². The van der Waals surface area contributed by atoms with E-state index in [0.717, 1.165) is 36.0 Å². The molecule has 0 radical (unpaired) electrons. The Hall–Kier alpha value is -3.26. The minimum Gasteiger partial charge on any atom is -0.480 e. The Bertz CT molecular complexity index is 1140. The third-order valence-electron chi connectivity index (χ3n) is 8.03. The van der Waals surface area contributed by atoms with E-state index < -0.39 is 18.0 Å². The van der Waals surface area contributed by atoms with E-state index in [4.69, 9.17) is 10.5 Å². The number of carboxylic acids is 1. The molecule has 0 aromatic heterocycles. The molecule has 4 saturated carbocycles. The van der Waals surface area contributed by atoms with Crippen LogP contribution in [0.1, 0.15) is 78.9 Å². The standard InChI is InChI=1S/C29H31NO4/c1-2-25(27(30)31)34-26-13-22(9-8-18-6-4-3-5-7-18)24(14-23(26)28(32)33)29-15-19-10-20(16-29)12-21(11-19)17-29/h3-7,13-14,19-21,25H,2,10-12,15-17H2,1H3,(H2,30,31)(H,32,33). The Labute approximate surface area is 200 Å². The van der Waals surface area contributed by atoms with Crippen molar-refractivity contribution in [1.82, 2.24) is 0 Å². The van der Waals surface area contributed by atoms with Crippen molar-refractivity contribution in [1.29, 1.82) is 0 Å². The van der Waals surface area contributed by atoms with E-state index in [-0.39, 0.29) is 16.7 Å². The highest BCUT2D eigenvalue weighted by Crippen LogP contribution is 2.61. The zero-order valence-electron chi connectivity index (χ0n) is 19.5. The number of primary amides is 1. The number of hydrogen-bond acceptors (Lipinski definition) is 3. The van der Waals surface area contributed by atoms with Crippen molar-refractivity contribution in [2.45, 2.75) is 63.4 Å². The summed E-state index contributed by atoms with van der Waals surface area (Å²) in [7, 11) is 0. The lowest BCUT2D eigenvalue weighted by atomic mass is 9.47. The van der Waals surface area contributed by atoms with E-state index in [9.17, 15) is 14.7 Å². The molecule has 3 N–H and O–H groups in total. The van der Waals surface area contributed by atoms with Crippen molar-refractivity contribution in [3.63, 3.8) is 0 Å². The Morgan fingerprint density at radius 2 is 1.68 bits per heavy atom. The fourth-order valence-electron chi connectivity index (χ4n) is 6.98. The van der Waals surface area contributed by atoms with Gasteiger partial charge in [-0.05, 0) is 97.9 Å². The molecule has 4 aliphatic carbocycles. The lowest BCUT2D eigenvalue weighted by Crippen LogP contribution is -2.49. The lowest BCUT2D eigenvalue weighted by molar-refractivity contribution is -0.124. The average Bonchev–Trinajstić information content (AvgIpc) is 2.80. The first-order chi connectivity index (χ1) is 16.4. The fraction of sp³-hybridized carbons (Fsp3) is 0.448. The smallest absolute Gasteiger partial charge is 0.339 e. The number of amides is 1. The Morgan fingerprint density at radius 3 is 2.21 bits per heavy atom. The van der Waals surface area contributed by atoms with Crippen LogP contribution in [0.3, 0.4) is 0 Å². The van der Waals surface area contributed by atoms with Gasteiger partial charge < -0.3 is 15.6 Å². The molecule has 4 fully saturated rings. The number of ether oxygens (including phenoxy) is 1. The van der Waals surface area contributed by atoms with E-state index >= 15 is 0 Å². The van der Waals surface area contributed by atoms with E-state index in [2.05, 4.69) is 11.8 Å². The number of carboxylic acid groups (broad SMARTS) is 1. The van der Waals surface area contributed by atoms with Crippen molar-refractivity contribution in [3.8, 4) is 17.6 Å². The van der Waals surface area contributed by atoms with E-state index in [1.54, 1.807) is 19.1 Å². The second kappa shape index (κ2) is 8.83. The molecule has 1 amide bonds. The minimum absolute atomic E-state index is 0.0357. The van der Waals surface area contributed by atoms with E-state index in [0.29, 0.717) is 24.2 Å². The highest BCUT2D eigenvalue weighted by molar-refractivity contribution is 5.92. The Balaban J connectivity index is 1.65. The summed E-state index contributed by atoms with van der Waals surface area (Å²) in [5, 5.41) is 10.1. The van der Waals surface area contributed by atoms with Gasteiger partial charge in [0.05, 0.1) is 0 Å². The summed E-state index contributed by atoms with van der Waals surface area (Å²) in [5.74, 6) is 7.21. The first-order valence-corrected chi connectivity index (χ1v) is 12.3. The van der Waals surface area contributed by atoms with Gasteiger partial charge in [0.1, 0.15) is 11.3 Å². The summed E-state index contributed by atoms with van der Waals surface area (Å²) in [4.78, 5) is 24.1. The summed E-state index contributed by atoms with van der Waals surface area (Å²) in [6.07, 6.45) is 6.65. The largest absolute Gasteiger partial charge is 0.480 e. The fourth-order valence-corrected chi connectivity index (χ4v) is 6.98. The second-order valence-electron chi connectivity index (χ2n) is 10.4. The summed E-state index contributed by atoms with van der Waals surface area (Å²) in [5.41, 5.74) is 8.26. The molecule has 34 heavy (non-hydrogen) atoms. The van der Waals surface area contributed by atoms with Gasteiger partial charge in [0, 0.05) is 11.1 Å². The van der Waals surface area contributed by atoms with Gasteiger partial charge in [-0.3, -0.25) is 4.79 Å². The Morgan fingerprint density at radius 1 is 1.06 bits per heavy atom.